The maximum atomic E-state index is 5.63. The lowest BCUT2D eigenvalue weighted by Crippen LogP contribution is -2.36. The number of piperidine rings is 1. The van der Waals surface area contributed by atoms with Crippen molar-refractivity contribution >= 4 is 5.82 Å². The molecule has 0 aliphatic carbocycles. The Morgan fingerprint density at radius 1 is 1.54 bits per heavy atom. The third-order valence-corrected chi connectivity index (χ3v) is 2.77. The van der Waals surface area contributed by atoms with Crippen LogP contribution in [0.25, 0.3) is 0 Å². The molecule has 2 rings (SSSR count). The summed E-state index contributed by atoms with van der Waals surface area (Å²) < 4.78 is 0. The molecule has 0 aromatic carbocycles. The van der Waals surface area contributed by atoms with Crippen molar-refractivity contribution in [1.82, 2.24) is 10.2 Å². The van der Waals surface area contributed by atoms with Gasteiger partial charge in [0.05, 0.1) is 6.20 Å². The molecule has 1 aromatic heterocycles. The quantitative estimate of drug-likeness (QED) is 0.700. The number of nitrogens with two attached hydrogens (primary N) is 1. The molecule has 1 saturated heterocycles. The second kappa shape index (κ2) is 3.79. The van der Waals surface area contributed by atoms with Gasteiger partial charge in [-0.1, -0.05) is 0 Å². The van der Waals surface area contributed by atoms with Crippen LogP contribution in [-0.2, 0) is 0 Å². The predicted octanol–water partition coefficient (Wildman–Crippen LogP) is 0.585. The van der Waals surface area contributed by atoms with E-state index < -0.39 is 0 Å². The van der Waals surface area contributed by atoms with E-state index >= 15 is 0 Å². The molecule has 13 heavy (non-hydrogen) atoms. The van der Waals surface area contributed by atoms with Gasteiger partial charge in [0.2, 0.25) is 0 Å². The first kappa shape index (κ1) is 8.56. The smallest absolute Gasteiger partial charge is 0.123 e. The van der Waals surface area contributed by atoms with E-state index in [9.17, 15) is 0 Å². The average Bonchev–Trinajstić information content (AvgIpc) is 2.71. The number of H-pyrrole nitrogens is 1. The maximum absolute atomic E-state index is 5.63. The first-order valence-corrected chi connectivity index (χ1v) is 4.84. The number of anilines is 1. The van der Waals surface area contributed by atoms with Gasteiger partial charge in [0.25, 0.3) is 0 Å². The van der Waals surface area contributed by atoms with Crippen molar-refractivity contribution in [2.24, 2.45) is 11.7 Å². The van der Waals surface area contributed by atoms with E-state index in [4.69, 9.17) is 5.73 Å². The van der Waals surface area contributed by atoms with Crippen molar-refractivity contribution in [3.05, 3.63) is 12.3 Å². The van der Waals surface area contributed by atoms with Gasteiger partial charge in [-0.2, -0.15) is 5.10 Å². The molecule has 72 valence electrons. The molecule has 1 aromatic rings. The minimum absolute atomic E-state index is 0.721. The molecule has 0 bridgehead atoms. The molecular formula is C9H16N4. The molecule has 0 saturated carbocycles. The Kier molecular flexibility index (Phi) is 2.49. The molecule has 1 fully saturated rings. The van der Waals surface area contributed by atoms with Crippen molar-refractivity contribution in [1.29, 1.82) is 0 Å². The van der Waals surface area contributed by atoms with Crippen LogP contribution in [-0.4, -0.2) is 29.8 Å². The SMILES string of the molecule is NCC1CCN(c2ccn[nH]2)CC1. The fourth-order valence-electron chi connectivity index (χ4n) is 1.83. The number of hydrogen-bond donors (Lipinski definition) is 2. The number of aromatic nitrogens is 2. The summed E-state index contributed by atoms with van der Waals surface area (Å²) in [7, 11) is 0. The Hall–Kier alpha value is -1.03. The lowest BCUT2D eigenvalue weighted by molar-refractivity contribution is 0.413. The minimum Gasteiger partial charge on any atom is -0.357 e. The minimum atomic E-state index is 0.721. The fourth-order valence-corrected chi connectivity index (χ4v) is 1.83. The van der Waals surface area contributed by atoms with E-state index in [2.05, 4.69) is 15.1 Å². The van der Waals surface area contributed by atoms with Crippen LogP contribution >= 0.6 is 0 Å². The largest absolute Gasteiger partial charge is 0.357 e. The van der Waals surface area contributed by atoms with Gasteiger partial charge in [0.1, 0.15) is 5.82 Å². The molecule has 0 atom stereocenters. The third kappa shape index (κ3) is 1.83. The van der Waals surface area contributed by atoms with Gasteiger partial charge < -0.3 is 10.6 Å². The lowest BCUT2D eigenvalue weighted by atomic mass is 9.97. The summed E-state index contributed by atoms with van der Waals surface area (Å²) in [5.41, 5.74) is 5.63. The van der Waals surface area contributed by atoms with Gasteiger partial charge in [0, 0.05) is 19.2 Å². The van der Waals surface area contributed by atoms with E-state index in [-0.39, 0.29) is 0 Å². The Balaban J connectivity index is 1.92. The first-order valence-electron chi connectivity index (χ1n) is 4.84. The van der Waals surface area contributed by atoms with Crippen LogP contribution in [0.4, 0.5) is 5.82 Å². The number of hydrogen-bond acceptors (Lipinski definition) is 3. The van der Waals surface area contributed by atoms with Crippen LogP contribution in [0.1, 0.15) is 12.8 Å². The zero-order valence-electron chi connectivity index (χ0n) is 7.74. The van der Waals surface area contributed by atoms with Crippen LogP contribution in [0, 0.1) is 5.92 Å². The summed E-state index contributed by atoms with van der Waals surface area (Å²) in [5.74, 6) is 1.86. The zero-order valence-corrected chi connectivity index (χ0v) is 7.74. The summed E-state index contributed by atoms with van der Waals surface area (Å²) in [6, 6.07) is 2.02. The fraction of sp³-hybridized carbons (Fsp3) is 0.667. The van der Waals surface area contributed by atoms with E-state index in [1.54, 1.807) is 6.20 Å². The van der Waals surface area contributed by atoms with E-state index in [0.29, 0.717) is 0 Å². The summed E-state index contributed by atoms with van der Waals surface area (Å²) in [4.78, 5) is 2.33. The maximum Gasteiger partial charge on any atom is 0.123 e. The van der Waals surface area contributed by atoms with Gasteiger partial charge in [-0.3, -0.25) is 5.10 Å². The van der Waals surface area contributed by atoms with Gasteiger partial charge in [-0.15, -0.1) is 0 Å². The summed E-state index contributed by atoms with van der Waals surface area (Å²) >= 11 is 0. The summed E-state index contributed by atoms with van der Waals surface area (Å²) in [5, 5.41) is 6.93. The van der Waals surface area contributed by atoms with E-state index in [1.807, 2.05) is 6.07 Å². The van der Waals surface area contributed by atoms with Crippen LogP contribution in [0.3, 0.4) is 0 Å². The number of aromatic amines is 1. The molecule has 4 nitrogen and oxygen atoms in total. The normalized spacial score (nSPS) is 19.3. The highest BCUT2D eigenvalue weighted by molar-refractivity contribution is 5.36. The molecule has 0 unspecified atom stereocenters. The molecule has 3 N–H and O–H groups in total. The van der Waals surface area contributed by atoms with Crippen molar-refractivity contribution in [3.8, 4) is 0 Å². The second-order valence-corrected chi connectivity index (χ2v) is 3.61. The topological polar surface area (TPSA) is 57.9 Å². The number of rotatable bonds is 2. The van der Waals surface area contributed by atoms with Gasteiger partial charge >= 0.3 is 0 Å². The van der Waals surface area contributed by atoms with Crippen molar-refractivity contribution in [2.75, 3.05) is 24.5 Å². The molecular weight excluding hydrogens is 164 g/mol. The van der Waals surface area contributed by atoms with Crippen molar-refractivity contribution < 1.29 is 0 Å². The first-order chi connectivity index (χ1) is 6.40. The van der Waals surface area contributed by atoms with Crippen LogP contribution in [0.2, 0.25) is 0 Å². The molecule has 1 aliphatic heterocycles. The monoisotopic (exact) mass is 180 g/mol. The molecule has 4 heteroatoms. The third-order valence-electron chi connectivity index (χ3n) is 2.77. The average molecular weight is 180 g/mol. The highest BCUT2D eigenvalue weighted by atomic mass is 15.3. The Bertz CT molecular complexity index is 236. The summed E-state index contributed by atoms with van der Waals surface area (Å²) in [6.07, 6.45) is 4.20. The Morgan fingerprint density at radius 2 is 2.31 bits per heavy atom. The van der Waals surface area contributed by atoms with Gasteiger partial charge in [0.15, 0.2) is 0 Å². The summed E-state index contributed by atoms with van der Waals surface area (Å²) in [6.45, 7) is 3.03. The number of nitrogens with one attached hydrogen (secondary N) is 1. The second-order valence-electron chi connectivity index (χ2n) is 3.61. The van der Waals surface area contributed by atoms with E-state index in [1.165, 1.54) is 12.8 Å². The molecule has 1 aliphatic rings. The highest BCUT2D eigenvalue weighted by Gasteiger charge is 2.18. The van der Waals surface area contributed by atoms with Crippen molar-refractivity contribution in [3.63, 3.8) is 0 Å². The highest BCUT2D eigenvalue weighted by Crippen LogP contribution is 2.20. The van der Waals surface area contributed by atoms with Crippen molar-refractivity contribution in [2.45, 2.75) is 12.8 Å². The van der Waals surface area contributed by atoms with Crippen LogP contribution in [0.15, 0.2) is 12.3 Å². The van der Waals surface area contributed by atoms with E-state index in [0.717, 1.165) is 31.4 Å². The van der Waals surface area contributed by atoms with Crippen LogP contribution < -0.4 is 10.6 Å². The van der Waals surface area contributed by atoms with Gasteiger partial charge in [-0.25, -0.2) is 0 Å². The molecule has 0 radical (unpaired) electrons. The lowest BCUT2D eigenvalue weighted by Gasteiger charge is -2.31. The van der Waals surface area contributed by atoms with Crippen LogP contribution in [0.5, 0.6) is 0 Å². The molecule has 0 spiro atoms. The number of nitrogens with zero attached hydrogens (tertiary/aromatic N) is 2. The Morgan fingerprint density at radius 3 is 2.85 bits per heavy atom. The molecule has 2 heterocycles. The molecule has 0 amide bonds. The zero-order chi connectivity index (χ0) is 9.10. The Labute approximate surface area is 78.1 Å². The standard InChI is InChI=1S/C9H16N4/c10-7-8-2-5-13(6-3-8)9-1-4-11-12-9/h1,4,8H,2-3,5-7,10H2,(H,11,12). The van der Waals surface area contributed by atoms with Gasteiger partial charge in [-0.05, 0) is 25.3 Å². The predicted molar refractivity (Wildman–Crippen MR) is 52.6 cm³/mol.